The van der Waals surface area contributed by atoms with Crippen LogP contribution in [0, 0.1) is 0 Å². The van der Waals surface area contributed by atoms with Crippen LogP contribution in [0.25, 0.3) is 0 Å². The van der Waals surface area contributed by atoms with E-state index < -0.39 is 0 Å². The molecule has 2 aromatic rings. The Morgan fingerprint density at radius 1 is 1.35 bits per heavy atom. The fraction of sp³-hybridized carbons (Fsp3) is 0.720. The number of hydrogen-bond acceptors (Lipinski definition) is 7. The number of carbonyl (C=O) groups excluding carboxylic acids is 1. The smallest absolute Gasteiger partial charge is 0.248 e. The van der Waals surface area contributed by atoms with Gasteiger partial charge in [0.05, 0.1) is 24.0 Å². The highest BCUT2D eigenvalue weighted by Crippen LogP contribution is 2.46. The molecule has 0 bridgehead atoms. The Hall–Kier alpha value is -1.81. The minimum Gasteiger partial charge on any atom is -0.370 e. The first-order valence-electron chi connectivity index (χ1n) is 12.7. The van der Waals surface area contributed by atoms with Crippen molar-refractivity contribution in [2.75, 3.05) is 33.4 Å². The summed E-state index contributed by atoms with van der Waals surface area (Å²) >= 11 is 1.99. The molecule has 0 aliphatic carbocycles. The molecule has 3 aliphatic heterocycles. The molecule has 5 rings (SSSR count). The highest BCUT2D eigenvalue weighted by atomic mass is 32.1. The first kappa shape index (κ1) is 23.9. The van der Waals surface area contributed by atoms with E-state index in [9.17, 15) is 4.79 Å². The fourth-order valence-electron chi connectivity index (χ4n) is 5.65. The summed E-state index contributed by atoms with van der Waals surface area (Å²) in [5.74, 6) is 0.0616. The van der Waals surface area contributed by atoms with E-state index in [0.29, 0.717) is 12.6 Å². The molecule has 3 atom stereocenters. The topological polar surface area (TPSA) is 72.7 Å². The number of likely N-dealkylation sites (tertiary alicyclic amines) is 1. The lowest BCUT2D eigenvalue weighted by Gasteiger charge is -2.47. The molecule has 0 N–H and O–H groups in total. The van der Waals surface area contributed by atoms with E-state index in [1.807, 2.05) is 23.1 Å². The van der Waals surface area contributed by atoms with E-state index in [-0.39, 0.29) is 24.2 Å². The van der Waals surface area contributed by atoms with Crippen LogP contribution >= 0.6 is 11.3 Å². The molecular weight excluding hydrogens is 450 g/mol. The van der Waals surface area contributed by atoms with Crippen LogP contribution in [-0.4, -0.2) is 76.2 Å². The molecular formula is C25H37N5O3S. The van der Waals surface area contributed by atoms with Gasteiger partial charge in [-0.3, -0.25) is 14.4 Å². The summed E-state index contributed by atoms with van der Waals surface area (Å²) < 4.78 is 14.1. The van der Waals surface area contributed by atoms with Crippen LogP contribution in [0.4, 0.5) is 0 Å². The molecule has 5 heterocycles. The van der Waals surface area contributed by atoms with Gasteiger partial charge < -0.3 is 14.4 Å². The maximum absolute atomic E-state index is 11.5. The number of piperidine rings is 1. The minimum absolute atomic E-state index is 0.0616. The van der Waals surface area contributed by atoms with Gasteiger partial charge in [-0.15, -0.1) is 16.4 Å². The first-order valence-corrected chi connectivity index (χ1v) is 13.5. The van der Waals surface area contributed by atoms with Crippen LogP contribution in [0.3, 0.4) is 0 Å². The quantitative estimate of drug-likeness (QED) is 0.598. The Bertz CT molecular complexity index is 1010. The fourth-order valence-corrected chi connectivity index (χ4v) is 6.83. The van der Waals surface area contributed by atoms with Crippen molar-refractivity contribution in [2.45, 2.75) is 83.2 Å². The molecule has 0 saturated carbocycles. The summed E-state index contributed by atoms with van der Waals surface area (Å²) in [6.45, 7) is 8.93. The molecule has 8 nitrogen and oxygen atoms in total. The standard InChI is InChI=1S/C25H37N5O3S/c1-4-21-12-22-23(34-21)7-11-33-25(22)8-10-29(18(2)13-25)14-19-15-30(27-26-19)9-5-6-20-16-28(3)24(31)17-32-20/h12,15,18,20H,4-11,13-14,16-17H2,1-3H3/t18-,20?,25+/m0/s1. The van der Waals surface area contributed by atoms with Gasteiger partial charge >= 0.3 is 0 Å². The van der Waals surface area contributed by atoms with Gasteiger partial charge in [0.2, 0.25) is 5.91 Å². The third-order valence-corrected chi connectivity index (χ3v) is 9.01. The number of hydrogen-bond donors (Lipinski definition) is 0. The lowest BCUT2D eigenvalue weighted by molar-refractivity contribution is -0.147. The van der Waals surface area contributed by atoms with Crippen LogP contribution in [0.2, 0.25) is 0 Å². The number of fused-ring (bicyclic) bond motifs is 2. The highest BCUT2D eigenvalue weighted by Gasteiger charge is 2.44. The monoisotopic (exact) mass is 487 g/mol. The van der Waals surface area contributed by atoms with E-state index >= 15 is 0 Å². The molecule has 2 saturated heterocycles. The van der Waals surface area contributed by atoms with Crippen molar-refractivity contribution in [3.8, 4) is 0 Å². The lowest BCUT2D eigenvalue weighted by Crippen LogP contribution is -2.50. The molecule has 2 aromatic heterocycles. The normalized spacial score (nSPS) is 28.0. The molecule has 1 unspecified atom stereocenters. The minimum atomic E-state index is -0.106. The second-order valence-electron chi connectivity index (χ2n) is 10.1. The van der Waals surface area contributed by atoms with Gasteiger partial charge in [0.1, 0.15) is 6.61 Å². The molecule has 0 radical (unpaired) electrons. The third-order valence-electron chi connectivity index (χ3n) is 7.67. The van der Waals surface area contributed by atoms with Crippen LogP contribution in [0.1, 0.15) is 60.5 Å². The largest absolute Gasteiger partial charge is 0.370 e. The third kappa shape index (κ3) is 4.94. The SMILES string of the molecule is CCc1cc2c(s1)CCO[C@@]21CCN(Cc2cn(CCCC3CN(C)C(=O)CO3)nn2)[C@@H](C)C1. The molecule has 2 fully saturated rings. The number of ether oxygens (including phenoxy) is 2. The van der Waals surface area contributed by atoms with Crippen LogP contribution < -0.4 is 0 Å². The summed E-state index contributed by atoms with van der Waals surface area (Å²) in [4.78, 5) is 18.9. The van der Waals surface area contributed by atoms with E-state index in [0.717, 1.165) is 70.5 Å². The number of morpholine rings is 1. The molecule has 34 heavy (non-hydrogen) atoms. The zero-order valence-corrected chi connectivity index (χ0v) is 21.5. The molecule has 3 aliphatic rings. The highest BCUT2D eigenvalue weighted by molar-refractivity contribution is 7.12. The Morgan fingerprint density at radius 2 is 2.24 bits per heavy atom. The molecule has 186 valence electrons. The molecule has 0 aromatic carbocycles. The van der Waals surface area contributed by atoms with Gasteiger partial charge in [-0.2, -0.15) is 0 Å². The van der Waals surface area contributed by atoms with Gasteiger partial charge in [0, 0.05) is 61.6 Å². The summed E-state index contributed by atoms with van der Waals surface area (Å²) in [7, 11) is 1.84. The number of nitrogens with zero attached hydrogens (tertiary/aromatic N) is 5. The second kappa shape index (κ2) is 10.0. The van der Waals surface area contributed by atoms with E-state index in [1.165, 1.54) is 10.4 Å². The zero-order chi connectivity index (χ0) is 23.7. The maximum atomic E-state index is 11.5. The van der Waals surface area contributed by atoms with Crippen molar-refractivity contribution in [2.24, 2.45) is 0 Å². The van der Waals surface area contributed by atoms with Crippen molar-refractivity contribution in [3.05, 3.63) is 33.3 Å². The van der Waals surface area contributed by atoms with Crippen LogP contribution in [-0.2, 0) is 45.8 Å². The number of carbonyl (C=O) groups is 1. The Kier molecular flexibility index (Phi) is 7.07. The van der Waals surface area contributed by atoms with E-state index in [1.54, 1.807) is 9.78 Å². The summed E-state index contributed by atoms with van der Waals surface area (Å²) in [5, 5.41) is 8.80. The summed E-state index contributed by atoms with van der Waals surface area (Å²) in [6, 6.07) is 2.85. The van der Waals surface area contributed by atoms with Gasteiger partial charge in [0.15, 0.2) is 0 Å². The van der Waals surface area contributed by atoms with Crippen molar-refractivity contribution >= 4 is 17.2 Å². The second-order valence-corrected chi connectivity index (χ2v) is 11.3. The van der Waals surface area contributed by atoms with Crippen LogP contribution in [0.15, 0.2) is 12.3 Å². The van der Waals surface area contributed by atoms with Crippen molar-refractivity contribution in [1.82, 2.24) is 24.8 Å². The Morgan fingerprint density at radius 3 is 3.03 bits per heavy atom. The van der Waals surface area contributed by atoms with Gasteiger partial charge in [-0.25, -0.2) is 0 Å². The van der Waals surface area contributed by atoms with Crippen molar-refractivity contribution in [3.63, 3.8) is 0 Å². The van der Waals surface area contributed by atoms with Crippen molar-refractivity contribution < 1.29 is 14.3 Å². The zero-order valence-electron chi connectivity index (χ0n) is 20.7. The predicted octanol–water partition coefficient (Wildman–Crippen LogP) is 2.99. The summed E-state index contributed by atoms with van der Waals surface area (Å²) in [6.07, 6.45) is 8.31. The van der Waals surface area contributed by atoms with Crippen LogP contribution in [0.5, 0.6) is 0 Å². The van der Waals surface area contributed by atoms with E-state index in [4.69, 9.17) is 9.47 Å². The average molecular weight is 488 g/mol. The number of aromatic nitrogens is 3. The number of aryl methyl sites for hydroxylation is 2. The Balaban J connectivity index is 1.13. The van der Waals surface area contributed by atoms with Gasteiger partial charge in [-0.05, 0) is 50.7 Å². The number of rotatable bonds is 7. The lowest BCUT2D eigenvalue weighted by atomic mass is 9.79. The maximum Gasteiger partial charge on any atom is 0.248 e. The van der Waals surface area contributed by atoms with Crippen molar-refractivity contribution in [1.29, 1.82) is 0 Å². The Labute approximate surface area is 206 Å². The number of likely N-dealkylation sites (N-methyl/N-ethyl adjacent to an activating group) is 1. The first-order chi connectivity index (χ1) is 16.5. The average Bonchev–Trinajstić information content (AvgIpc) is 3.46. The van der Waals surface area contributed by atoms with Gasteiger partial charge in [0.25, 0.3) is 0 Å². The summed E-state index contributed by atoms with van der Waals surface area (Å²) in [5.41, 5.74) is 2.39. The molecule has 9 heteroatoms. The molecule has 1 spiro atoms. The number of thiophene rings is 1. The molecule has 1 amide bonds. The predicted molar refractivity (Wildman–Crippen MR) is 131 cm³/mol. The van der Waals surface area contributed by atoms with Gasteiger partial charge in [-0.1, -0.05) is 12.1 Å². The number of amides is 1. The van der Waals surface area contributed by atoms with E-state index in [2.05, 4.69) is 41.3 Å².